The van der Waals surface area contributed by atoms with Gasteiger partial charge in [0.15, 0.2) is 0 Å². The van der Waals surface area contributed by atoms with Crippen LogP contribution in [0.15, 0.2) is 46.2 Å². The SMILES string of the molecule is CCc1cc(S(=O)(=O)c2ccc(C3CCNC3)c(C)c2)ccc1O. The molecule has 0 aromatic heterocycles. The lowest BCUT2D eigenvalue weighted by Crippen LogP contribution is -2.09. The Kier molecular flexibility index (Phi) is 4.65. The molecule has 0 bridgehead atoms. The number of hydrogen-bond acceptors (Lipinski definition) is 4. The summed E-state index contributed by atoms with van der Waals surface area (Å²) in [6.07, 6.45) is 1.67. The van der Waals surface area contributed by atoms with E-state index < -0.39 is 9.84 Å². The second kappa shape index (κ2) is 6.57. The molecule has 2 aromatic rings. The number of benzene rings is 2. The topological polar surface area (TPSA) is 66.4 Å². The second-order valence-electron chi connectivity index (χ2n) is 6.36. The van der Waals surface area contributed by atoms with E-state index in [-0.39, 0.29) is 10.6 Å². The summed E-state index contributed by atoms with van der Waals surface area (Å²) < 4.78 is 25.8. The highest BCUT2D eigenvalue weighted by molar-refractivity contribution is 7.91. The van der Waals surface area contributed by atoms with E-state index in [0.717, 1.165) is 25.1 Å². The number of rotatable bonds is 4. The Labute approximate surface area is 143 Å². The van der Waals surface area contributed by atoms with Crippen LogP contribution in [0.1, 0.15) is 36.0 Å². The van der Waals surface area contributed by atoms with Crippen LogP contribution < -0.4 is 5.32 Å². The molecule has 128 valence electrons. The molecule has 0 amide bonds. The summed E-state index contributed by atoms with van der Waals surface area (Å²) in [7, 11) is -3.58. The largest absolute Gasteiger partial charge is 0.508 e. The number of aromatic hydroxyl groups is 1. The van der Waals surface area contributed by atoms with Gasteiger partial charge < -0.3 is 10.4 Å². The molecule has 2 N–H and O–H groups in total. The van der Waals surface area contributed by atoms with Crippen LogP contribution in [0, 0.1) is 6.92 Å². The highest BCUT2D eigenvalue weighted by atomic mass is 32.2. The molecule has 0 saturated carbocycles. The Bertz CT molecular complexity index is 853. The molecule has 1 aliphatic rings. The van der Waals surface area contributed by atoms with Gasteiger partial charge in [-0.3, -0.25) is 0 Å². The average Bonchev–Trinajstić information content (AvgIpc) is 3.09. The van der Waals surface area contributed by atoms with Crippen molar-refractivity contribution in [2.45, 2.75) is 42.4 Å². The molecule has 1 aliphatic heterocycles. The summed E-state index contributed by atoms with van der Waals surface area (Å²) in [5, 5.41) is 13.1. The Morgan fingerprint density at radius 2 is 1.88 bits per heavy atom. The van der Waals surface area contributed by atoms with Crippen molar-refractivity contribution in [2.24, 2.45) is 0 Å². The number of phenols is 1. The monoisotopic (exact) mass is 345 g/mol. The van der Waals surface area contributed by atoms with Crippen molar-refractivity contribution in [3.63, 3.8) is 0 Å². The Morgan fingerprint density at radius 3 is 2.50 bits per heavy atom. The second-order valence-corrected chi connectivity index (χ2v) is 8.31. The Morgan fingerprint density at radius 1 is 1.17 bits per heavy atom. The van der Waals surface area contributed by atoms with Gasteiger partial charge in [0.1, 0.15) is 5.75 Å². The minimum atomic E-state index is -3.58. The van der Waals surface area contributed by atoms with Gasteiger partial charge in [0.05, 0.1) is 9.79 Å². The summed E-state index contributed by atoms with van der Waals surface area (Å²) >= 11 is 0. The summed E-state index contributed by atoms with van der Waals surface area (Å²) in [6.45, 7) is 5.82. The molecule has 1 fully saturated rings. The van der Waals surface area contributed by atoms with Crippen molar-refractivity contribution in [3.8, 4) is 5.75 Å². The van der Waals surface area contributed by atoms with E-state index in [1.54, 1.807) is 18.2 Å². The van der Waals surface area contributed by atoms with Crippen molar-refractivity contribution in [1.82, 2.24) is 5.32 Å². The minimum absolute atomic E-state index is 0.136. The molecule has 0 aliphatic carbocycles. The number of phenolic OH excluding ortho intramolecular Hbond substituents is 1. The number of sulfone groups is 1. The zero-order valence-electron chi connectivity index (χ0n) is 14.0. The molecule has 3 rings (SSSR count). The molecule has 24 heavy (non-hydrogen) atoms. The first-order valence-corrected chi connectivity index (χ1v) is 9.80. The summed E-state index contributed by atoms with van der Waals surface area (Å²) in [5.41, 5.74) is 2.87. The van der Waals surface area contributed by atoms with Crippen molar-refractivity contribution in [2.75, 3.05) is 13.1 Å². The van der Waals surface area contributed by atoms with E-state index in [1.807, 2.05) is 19.9 Å². The standard InChI is InChI=1S/C19H23NO3S/c1-3-14-11-17(5-7-19(14)21)24(22,23)16-4-6-18(13(2)10-16)15-8-9-20-12-15/h4-7,10-11,15,20-21H,3,8-9,12H2,1-2H3. The highest BCUT2D eigenvalue weighted by Crippen LogP contribution is 2.30. The van der Waals surface area contributed by atoms with Crippen LogP contribution in [-0.2, 0) is 16.3 Å². The summed E-state index contributed by atoms with van der Waals surface area (Å²) in [4.78, 5) is 0.536. The van der Waals surface area contributed by atoms with Crippen molar-refractivity contribution in [3.05, 3.63) is 53.1 Å². The van der Waals surface area contributed by atoms with E-state index >= 15 is 0 Å². The average molecular weight is 345 g/mol. The molecule has 4 nitrogen and oxygen atoms in total. The van der Waals surface area contributed by atoms with Gasteiger partial charge in [0.25, 0.3) is 0 Å². The quantitative estimate of drug-likeness (QED) is 0.893. The molecule has 1 atom stereocenters. The van der Waals surface area contributed by atoms with Crippen LogP contribution in [0.2, 0.25) is 0 Å². The molecule has 5 heteroatoms. The summed E-state index contributed by atoms with van der Waals surface area (Å²) in [6, 6.07) is 9.90. The van der Waals surface area contributed by atoms with Gasteiger partial charge in [0, 0.05) is 6.54 Å². The maximum Gasteiger partial charge on any atom is 0.206 e. The van der Waals surface area contributed by atoms with E-state index in [9.17, 15) is 13.5 Å². The fourth-order valence-electron chi connectivity index (χ4n) is 3.34. The van der Waals surface area contributed by atoms with E-state index in [0.29, 0.717) is 22.8 Å². The minimum Gasteiger partial charge on any atom is -0.508 e. The molecule has 0 radical (unpaired) electrons. The van der Waals surface area contributed by atoms with E-state index in [4.69, 9.17) is 0 Å². The maximum absolute atomic E-state index is 12.9. The predicted molar refractivity (Wildman–Crippen MR) is 94.3 cm³/mol. The smallest absolute Gasteiger partial charge is 0.206 e. The van der Waals surface area contributed by atoms with Gasteiger partial charge in [0.2, 0.25) is 9.84 Å². The fourth-order valence-corrected chi connectivity index (χ4v) is 4.74. The molecule has 2 aromatic carbocycles. The van der Waals surface area contributed by atoms with Crippen LogP contribution in [0.5, 0.6) is 5.75 Å². The Balaban J connectivity index is 1.99. The molecule has 1 saturated heterocycles. The normalized spacial score (nSPS) is 18.0. The van der Waals surface area contributed by atoms with Crippen molar-refractivity contribution >= 4 is 9.84 Å². The molecule has 1 unspecified atom stereocenters. The third-order valence-electron chi connectivity index (χ3n) is 4.79. The predicted octanol–water partition coefficient (Wildman–Crippen LogP) is 3.17. The molecular weight excluding hydrogens is 322 g/mol. The Hall–Kier alpha value is -1.85. The van der Waals surface area contributed by atoms with E-state index in [2.05, 4.69) is 5.32 Å². The lowest BCUT2D eigenvalue weighted by atomic mass is 9.94. The zero-order chi connectivity index (χ0) is 17.3. The van der Waals surface area contributed by atoms with Gasteiger partial charge >= 0.3 is 0 Å². The third kappa shape index (κ3) is 3.06. The first kappa shape index (κ1) is 17.0. The third-order valence-corrected chi connectivity index (χ3v) is 6.54. The lowest BCUT2D eigenvalue weighted by Gasteiger charge is -2.14. The van der Waals surface area contributed by atoms with Crippen LogP contribution in [0.4, 0.5) is 0 Å². The highest BCUT2D eigenvalue weighted by Gasteiger charge is 2.22. The van der Waals surface area contributed by atoms with E-state index in [1.165, 1.54) is 17.7 Å². The number of nitrogens with one attached hydrogen (secondary N) is 1. The van der Waals surface area contributed by atoms with Crippen LogP contribution in [0.3, 0.4) is 0 Å². The zero-order valence-corrected chi connectivity index (χ0v) is 14.9. The van der Waals surface area contributed by atoms with Gasteiger partial charge in [-0.1, -0.05) is 13.0 Å². The first-order chi connectivity index (χ1) is 11.4. The van der Waals surface area contributed by atoms with Crippen LogP contribution in [0.25, 0.3) is 0 Å². The molecule has 1 heterocycles. The lowest BCUT2D eigenvalue weighted by molar-refractivity contribution is 0.468. The molecular formula is C19H23NO3S. The molecule has 0 spiro atoms. The number of hydrogen-bond donors (Lipinski definition) is 2. The fraction of sp³-hybridized carbons (Fsp3) is 0.368. The van der Waals surface area contributed by atoms with Crippen molar-refractivity contribution in [1.29, 1.82) is 0 Å². The maximum atomic E-state index is 12.9. The van der Waals surface area contributed by atoms with Gasteiger partial charge in [-0.05, 0) is 79.3 Å². The van der Waals surface area contributed by atoms with Crippen molar-refractivity contribution < 1.29 is 13.5 Å². The van der Waals surface area contributed by atoms with Gasteiger partial charge in [-0.2, -0.15) is 0 Å². The van der Waals surface area contributed by atoms with Crippen LogP contribution >= 0.6 is 0 Å². The number of aryl methyl sites for hydroxylation is 2. The van der Waals surface area contributed by atoms with Gasteiger partial charge in [-0.15, -0.1) is 0 Å². The summed E-state index contributed by atoms with van der Waals surface area (Å²) in [5.74, 6) is 0.596. The van der Waals surface area contributed by atoms with Crippen LogP contribution in [-0.4, -0.2) is 26.6 Å². The van der Waals surface area contributed by atoms with Gasteiger partial charge in [-0.25, -0.2) is 8.42 Å². The first-order valence-electron chi connectivity index (χ1n) is 8.31.